The van der Waals surface area contributed by atoms with Crippen molar-refractivity contribution in [2.24, 2.45) is 0 Å². The summed E-state index contributed by atoms with van der Waals surface area (Å²) in [6, 6.07) is 4.82. The molecule has 1 saturated heterocycles. The number of aliphatic carboxylic acids is 1. The molecule has 0 spiro atoms. The van der Waals surface area contributed by atoms with Crippen LogP contribution >= 0.6 is 0 Å². The number of hydrogen-bond acceptors (Lipinski definition) is 2. The van der Waals surface area contributed by atoms with Gasteiger partial charge < -0.3 is 10.0 Å². The van der Waals surface area contributed by atoms with Crippen LogP contribution in [0.15, 0.2) is 18.2 Å². The van der Waals surface area contributed by atoms with Crippen molar-refractivity contribution in [3.05, 3.63) is 29.6 Å². The molecule has 0 radical (unpaired) electrons. The highest BCUT2D eigenvalue weighted by atomic mass is 19.1. The van der Waals surface area contributed by atoms with Crippen molar-refractivity contribution in [3.8, 4) is 0 Å². The molecule has 0 atom stereocenters. The number of hydrogen-bond donors (Lipinski definition) is 1. The van der Waals surface area contributed by atoms with Crippen LogP contribution in [-0.4, -0.2) is 24.2 Å². The molecule has 0 unspecified atom stereocenters. The van der Waals surface area contributed by atoms with Gasteiger partial charge in [0.1, 0.15) is 5.82 Å². The molecule has 0 aromatic heterocycles. The van der Waals surface area contributed by atoms with Crippen molar-refractivity contribution >= 4 is 11.7 Å². The highest BCUT2D eigenvalue weighted by molar-refractivity contribution is 5.72. The molecule has 1 aromatic rings. The van der Waals surface area contributed by atoms with Crippen molar-refractivity contribution in [1.29, 1.82) is 0 Å². The van der Waals surface area contributed by atoms with Gasteiger partial charge in [0.25, 0.3) is 0 Å². The predicted molar refractivity (Wildman–Crippen MR) is 71.0 cm³/mol. The molecule has 1 heterocycles. The maximum atomic E-state index is 13.5. The quantitative estimate of drug-likeness (QED) is 0.908. The summed E-state index contributed by atoms with van der Waals surface area (Å²) in [4.78, 5) is 13.2. The van der Waals surface area contributed by atoms with E-state index in [1.54, 1.807) is 12.1 Å². The van der Waals surface area contributed by atoms with Crippen molar-refractivity contribution in [3.63, 3.8) is 0 Å². The first-order chi connectivity index (χ1) is 9.11. The molecule has 3 rings (SSSR count). The summed E-state index contributed by atoms with van der Waals surface area (Å²) in [6.07, 6.45) is 4.20. The Balaban J connectivity index is 1.98. The summed E-state index contributed by atoms with van der Waals surface area (Å²) in [7, 11) is 0. The summed E-state index contributed by atoms with van der Waals surface area (Å²) in [5.41, 5.74) is 1.69. The van der Waals surface area contributed by atoms with Crippen LogP contribution < -0.4 is 4.90 Å². The first-order valence-electron chi connectivity index (χ1n) is 6.88. The average Bonchev–Trinajstić information content (AvgIpc) is 2.93. The number of carboxylic acid groups (broad SMARTS) is 1. The van der Waals surface area contributed by atoms with Gasteiger partial charge in [0.2, 0.25) is 0 Å². The van der Waals surface area contributed by atoms with Gasteiger partial charge in [-0.1, -0.05) is 6.07 Å². The largest absolute Gasteiger partial charge is 0.481 e. The Bertz CT molecular complexity index is 505. The van der Waals surface area contributed by atoms with E-state index < -0.39 is 5.97 Å². The summed E-state index contributed by atoms with van der Waals surface area (Å²) in [5.74, 6) is -1.01. The number of rotatable bonds is 4. The van der Waals surface area contributed by atoms with Crippen LogP contribution in [0.25, 0.3) is 0 Å². The van der Waals surface area contributed by atoms with Gasteiger partial charge >= 0.3 is 5.97 Å². The fourth-order valence-electron chi connectivity index (χ4n) is 3.15. The Hall–Kier alpha value is -1.58. The van der Waals surface area contributed by atoms with E-state index in [0.717, 1.165) is 50.0 Å². The molecular formula is C15H18FNO2. The summed E-state index contributed by atoms with van der Waals surface area (Å²) in [6.45, 7) is 1.89. The summed E-state index contributed by atoms with van der Waals surface area (Å²) < 4.78 is 13.5. The number of carboxylic acids is 1. The van der Waals surface area contributed by atoms with E-state index in [1.165, 1.54) is 6.07 Å². The second kappa shape index (κ2) is 4.51. The molecule has 1 N–H and O–H groups in total. The Morgan fingerprint density at radius 1 is 1.32 bits per heavy atom. The van der Waals surface area contributed by atoms with Gasteiger partial charge in [0.15, 0.2) is 0 Å². The molecule has 19 heavy (non-hydrogen) atoms. The lowest BCUT2D eigenvalue weighted by atomic mass is 9.90. The molecular weight excluding hydrogens is 245 g/mol. The van der Waals surface area contributed by atoms with E-state index in [2.05, 4.69) is 4.90 Å². The molecule has 0 amide bonds. The van der Waals surface area contributed by atoms with Gasteiger partial charge in [-0.2, -0.15) is 0 Å². The van der Waals surface area contributed by atoms with Crippen LogP contribution in [0.1, 0.15) is 37.7 Å². The van der Waals surface area contributed by atoms with Crippen LogP contribution in [0.2, 0.25) is 0 Å². The zero-order chi connectivity index (χ0) is 13.5. The Morgan fingerprint density at radius 2 is 2.00 bits per heavy atom. The molecule has 102 valence electrons. The lowest BCUT2D eigenvalue weighted by Crippen LogP contribution is -2.23. The lowest BCUT2D eigenvalue weighted by Gasteiger charge is -2.25. The molecule has 1 aromatic carbocycles. The maximum absolute atomic E-state index is 13.5. The maximum Gasteiger partial charge on any atom is 0.304 e. The van der Waals surface area contributed by atoms with E-state index >= 15 is 0 Å². The third-order valence-electron chi connectivity index (χ3n) is 4.32. The van der Waals surface area contributed by atoms with Gasteiger partial charge in [-0.05, 0) is 43.4 Å². The van der Waals surface area contributed by atoms with E-state index in [9.17, 15) is 9.18 Å². The SMILES string of the molecule is O=C(O)CC1(c2ccc(F)cc2N2CCCC2)CC1. The normalized spacial score (nSPS) is 20.6. The fourth-order valence-corrected chi connectivity index (χ4v) is 3.15. The van der Waals surface area contributed by atoms with E-state index in [1.807, 2.05) is 0 Å². The van der Waals surface area contributed by atoms with Crippen LogP contribution in [0.4, 0.5) is 10.1 Å². The third-order valence-corrected chi connectivity index (χ3v) is 4.32. The standard InChI is InChI=1S/C15H18FNO2/c16-11-3-4-12(15(5-6-15)10-14(18)19)13(9-11)17-7-1-2-8-17/h3-4,9H,1-2,5-8,10H2,(H,18,19). The minimum absolute atomic E-state index is 0.152. The zero-order valence-electron chi connectivity index (χ0n) is 10.9. The molecule has 1 saturated carbocycles. The molecule has 3 nitrogen and oxygen atoms in total. The number of benzene rings is 1. The fraction of sp³-hybridized carbons (Fsp3) is 0.533. The van der Waals surface area contributed by atoms with Gasteiger partial charge in [0, 0.05) is 24.2 Å². The van der Waals surface area contributed by atoms with Crippen molar-refractivity contribution in [1.82, 2.24) is 0 Å². The first kappa shape index (κ1) is 12.5. The summed E-state index contributed by atoms with van der Waals surface area (Å²) in [5, 5.41) is 9.07. The predicted octanol–water partition coefficient (Wildman–Crippen LogP) is 2.93. The van der Waals surface area contributed by atoms with Gasteiger partial charge in [-0.25, -0.2) is 4.39 Å². The van der Waals surface area contributed by atoms with Crippen LogP contribution in [0, 0.1) is 5.82 Å². The summed E-state index contributed by atoms with van der Waals surface area (Å²) >= 11 is 0. The molecule has 1 aliphatic carbocycles. The van der Waals surface area contributed by atoms with Crippen molar-refractivity contribution in [2.45, 2.75) is 37.5 Å². The highest BCUT2D eigenvalue weighted by Crippen LogP contribution is 2.54. The molecule has 2 aliphatic rings. The van der Waals surface area contributed by atoms with Crippen LogP contribution in [0.5, 0.6) is 0 Å². The minimum Gasteiger partial charge on any atom is -0.481 e. The Labute approximate surface area is 112 Å². The Kier molecular flexibility index (Phi) is 2.96. The van der Waals surface area contributed by atoms with Crippen molar-refractivity contribution < 1.29 is 14.3 Å². The number of nitrogens with zero attached hydrogens (tertiary/aromatic N) is 1. The number of anilines is 1. The average molecular weight is 263 g/mol. The third kappa shape index (κ3) is 2.31. The number of carbonyl (C=O) groups is 1. The molecule has 0 bridgehead atoms. The highest BCUT2D eigenvalue weighted by Gasteiger charge is 2.47. The smallest absolute Gasteiger partial charge is 0.304 e. The minimum atomic E-state index is -0.769. The topological polar surface area (TPSA) is 40.5 Å². The molecule has 4 heteroatoms. The van der Waals surface area contributed by atoms with Gasteiger partial charge in [-0.15, -0.1) is 0 Å². The number of halogens is 1. The van der Waals surface area contributed by atoms with Gasteiger partial charge in [0.05, 0.1) is 6.42 Å². The first-order valence-corrected chi connectivity index (χ1v) is 6.88. The van der Waals surface area contributed by atoms with E-state index in [0.29, 0.717) is 0 Å². The van der Waals surface area contributed by atoms with Crippen LogP contribution in [0.3, 0.4) is 0 Å². The monoisotopic (exact) mass is 263 g/mol. The zero-order valence-corrected chi connectivity index (χ0v) is 10.9. The Morgan fingerprint density at radius 3 is 2.58 bits per heavy atom. The second-order valence-electron chi connectivity index (χ2n) is 5.71. The second-order valence-corrected chi connectivity index (χ2v) is 5.71. The van der Waals surface area contributed by atoms with Crippen LogP contribution in [-0.2, 0) is 10.2 Å². The van der Waals surface area contributed by atoms with Gasteiger partial charge in [-0.3, -0.25) is 4.79 Å². The molecule has 1 aliphatic heterocycles. The van der Waals surface area contributed by atoms with E-state index in [-0.39, 0.29) is 17.7 Å². The molecule has 2 fully saturated rings. The lowest BCUT2D eigenvalue weighted by molar-refractivity contribution is -0.137. The van der Waals surface area contributed by atoms with E-state index in [4.69, 9.17) is 5.11 Å². The van der Waals surface area contributed by atoms with Crippen molar-refractivity contribution in [2.75, 3.05) is 18.0 Å².